The van der Waals surface area contributed by atoms with Crippen LogP contribution in [0, 0.1) is 5.92 Å². The van der Waals surface area contributed by atoms with Crippen molar-refractivity contribution in [3.63, 3.8) is 0 Å². The van der Waals surface area contributed by atoms with Gasteiger partial charge >= 0.3 is 0 Å². The van der Waals surface area contributed by atoms with E-state index in [1.165, 1.54) is 11.1 Å². The van der Waals surface area contributed by atoms with Crippen molar-refractivity contribution in [2.24, 2.45) is 10.9 Å². The van der Waals surface area contributed by atoms with Crippen LogP contribution in [0.3, 0.4) is 0 Å². The van der Waals surface area contributed by atoms with Crippen molar-refractivity contribution >= 4 is 5.96 Å². The lowest BCUT2D eigenvalue weighted by Gasteiger charge is -2.24. The number of aliphatic imine (C=N–C) groups is 1. The number of ether oxygens (including phenoxy) is 1. The number of nitrogens with one attached hydrogen (secondary N) is 1. The molecule has 5 heteroatoms. The first-order chi connectivity index (χ1) is 12.2. The van der Waals surface area contributed by atoms with Crippen LogP contribution in [0.1, 0.15) is 31.4 Å². The predicted molar refractivity (Wildman–Crippen MR) is 105 cm³/mol. The molecule has 1 aliphatic heterocycles. The molecular weight excluding hydrogens is 312 g/mol. The molecule has 0 aromatic heterocycles. The molecule has 0 aliphatic carbocycles. The van der Waals surface area contributed by atoms with Crippen molar-refractivity contribution in [3.05, 3.63) is 35.4 Å². The van der Waals surface area contributed by atoms with Crippen molar-refractivity contribution in [1.29, 1.82) is 0 Å². The quantitative estimate of drug-likeness (QED) is 0.580. The highest BCUT2D eigenvalue weighted by atomic mass is 16.5. The molecule has 1 N–H and O–H groups in total. The second-order valence-electron chi connectivity index (χ2n) is 6.79. The Morgan fingerprint density at radius 3 is 2.68 bits per heavy atom. The second-order valence-corrected chi connectivity index (χ2v) is 6.79. The predicted octanol–water partition coefficient (Wildman–Crippen LogP) is 2.57. The molecule has 0 amide bonds. The molecule has 1 saturated heterocycles. The summed E-state index contributed by atoms with van der Waals surface area (Å²) in [4.78, 5) is 9.07. The normalized spacial score (nSPS) is 18.0. The van der Waals surface area contributed by atoms with E-state index in [1.54, 1.807) is 0 Å². The van der Waals surface area contributed by atoms with Gasteiger partial charge in [-0.3, -0.25) is 9.89 Å². The highest BCUT2D eigenvalue weighted by molar-refractivity contribution is 5.79. The largest absolute Gasteiger partial charge is 0.381 e. The molecule has 1 heterocycles. The van der Waals surface area contributed by atoms with Gasteiger partial charge in [0.1, 0.15) is 0 Å². The van der Waals surface area contributed by atoms with Crippen LogP contribution in [-0.2, 0) is 17.8 Å². The van der Waals surface area contributed by atoms with E-state index >= 15 is 0 Å². The minimum Gasteiger partial charge on any atom is -0.381 e. The Kier molecular flexibility index (Phi) is 8.22. The maximum atomic E-state index is 5.47. The lowest BCUT2D eigenvalue weighted by Crippen LogP contribution is -2.41. The van der Waals surface area contributed by atoms with Gasteiger partial charge in [0.2, 0.25) is 0 Å². The van der Waals surface area contributed by atoms with Crippen LogP contribution in [0.25, 0.3) is 0 Å². The molecule has 0 spiro atoms. The van der Waals surface area contributed by atoms with Gasteiger partial charge in [0, 0.05) is 46.3 Å². The van der Waals surface area contributed by atoms with E-state index in [2.05, 4.69) is 65.3 Å². The third-order valence-electron chi connectivity index (χ3n) is 4.87. The zero-order chi connectivity index (χ0) is 18.1. The van der Waals surface area contributed by atoms with Gasteiger partial charge in [0.25, 0.3) is 0 Å². The lowest BCUT2D eigenvalue weighted by atomic mass is 10.1. The summed E-state index contributed by atoms with van der Waals surface area (Å²) in [7, 11) is 3.95. The molecule has 1 unspecified atom stereocenters. The highest BCUT2D eigenvalue weighted by Gasteiger charge is 2.19. The minimum atomic E-state index is 0.612. The number of hydrogen-bond acceptors (Lipinski definition) is 3. The van der Waals surface area contributed by atoms with Gasteiger partial charge in [-0.05, 0) is 30.6 Å². The molecule has 1 aromatic carbocycles. The monoisotopic (exact) mass is 346 g/mol. The lowest BCUT2D eigenvalue weighted by molar-refractivity contribution is 0.181. The molecular formula is C20H34N4O. The average Bonchev–Trinajstić information content (AvgIpc) is 3.13. The third-order valence-corrected chi connectivity index (χ3v) is 4.87. The average molecular weight is 347 g/mol. The summed E-state index contributed by atoms with van der Waals surface area (Å²) in [6, 6.07) is 8.83. The van der Waals surface area contributed by atoms with Gasteiger partial charge in [-0.15, -0.1) is 0 Å². The summed E-state index contributed by atoms with van der Waals surface area (Å²) in [6.07, 6.45) is 1.15. The number of benzene rings is 1. The van der Waals surface area contributed by atoms with Crippen LogP contribution in [-0.4, -0.2) is 62.7 Å². The molecule has 1 aromatic rings. The molecule has 0 bridgehead atoms. The Balaban J connectivity index is 1.87. The van der Waals surface area contributed by atoms with E-state index < -0.39 is 0 Å². The van der Waals surface area contributed by atoms with Gasteiger partial charge in [0.05, 0.1) is 6.61 Å². The van der Waals surface area contributed by atoms with Gasteiger partial charge in [-0.2, -0.15) is 0 Å². The summed E-state index contributed by atoms with van der Waals surface area (Å²) in [6.45, 7) is 11.2. The Morgan fingerprint density at radius 2 is 2.04 bits per heavy atom. The third kappa shape index (κ3) is 6.33. The number of hydrogen-bond donors (Lipinski definition) is 1. The fraction of sp³-hybridized carbons (Fsp3) is 0.650. The maximum absolute atomic E-state index is 5.47. The Bertz CT molecular complexity index is 536. The maximum Gasteiger partial charge on any atom is 0.193 e. The molecule has 25 heavy (non-hydrogen) atoms. The van der Waals surface area contributed by atoms with E-state index in [0.29, 0.717) is 5.92 Å². The molecule has 1 atom stereocenters. The SMILES string of the molecule is CCN(CC)Cc1cccc(CNC(=NC)N(C)CC2CCOC2)c1. The van der Waals surface area contributed by atoms with Crippen molar-refractivity contribution in [3.8, 4) is 0 Å². The van der Waals surface area contributed by atoms with Crippen LogP contribution < -0.4 is 5.32 Å². The zero-order valence-electron chi connectivity index (χ0n) is 16.3. The highest BCUT2D eigenvalue weighted by Crippen LogP contribution is 2.13. The molecule has 5 nitrogen and oxygen atoms in total. The Morgan fingerprint density at radius 1 is 1.28 bits per heavy atom. The summed E-state index contributed by atoms with van der Waals surface area (Å²) < 4.78 is 5.47. The summed E-state index contributed by atoms with van der Waals surface area (Å²) >= 11 is 0. The Labute approximate surface area is 153 Å². The smallest absolute Gasteiger partial charge is 0.193 e. The van der Waals surface area contributed by atoms with Gasteiger partial charge < -0.3 is 15.0 Å². The van der Waals surface area contributed by atoms with Gasteiger partial charge in [0.15, 0.2) is 5.96 Å². The fourth-order valence-corrected chi connectivity index (χ4v) is 3.31. The van der Waals surface area contributed by atoms with Crippen molar-refractivity contribution in [1.82, 2.24) is 15.1 Å². The van der Waals surface area contributed by atoms with Crippen LogP contribution in [0.5, 0.6) is 0 Å². The van der Waals surface area contributed by atoms with Crippen molar-refractivity contribution in [2.75, 3.05) is 46.9 Å². The second kappa shape index (κ2) is 10.4. The van der Waals surface area contributed by atoms with Crippen molar-refractivity contribution < 1.29 is 4.74 Å². The summed E-state index contributed by atoms with van der Waals surface area (Å²) in [5.74, 6) is 1.56. The topological polar surface area (TPSA) is 40.1 Å². The van der Waals surface area contributed by atoms with Crippen molar-refractivity contribution in [2.45, 2.75) is 33.4 Å². The van der Waals surface area contributed by atoms with E-state index in [-0.39, 0.29) is 0 Å². The minimum absolute atomic E-state index is 0.612. The first-order valence-electron chi connectivity index (χ1n) is 9.45. The van der Waals surface area contributed by atoms with Gasteiger partial charge in [-0.25, -0.2) is 0 Å². The number of guanidine groups is 1. The number of rotatable bonds is 8. The van der Waals surface area contributed by atoms with Crippen LogP contribution >= 0.6 is 0 Å². The molecule has 2 rings (SSSR count). The van der Waals surface area contributed by atoms with E-state index in [9.17, 15) is 0 Å². The first-order valence-corrected chi connectivity index (χ1v) is 9.45. The summed E-state index contributed by atoms with van der Waals surface area (Å²) in [5.41, 5.74) is 2.66. The summed E-state index contributed by atoms with van der Waals surface area (Å²) in [5, 5.41) is 3.49. The molecule has 0 radical (unpaired) electrons. The number of nitrogens with zero attached hydrogens (tertiary/aromatic N) is 3. The molecule has 140 valence electrons. The molecule has 1 aliphatic rings. The van der Waals surface area contributed by atoms with Gasteiger partial charge in [-0.1, -0.05) is 38.1 Å². The zero-order valence-corrected chi connectivity index (χ0v) is 16.3. The van der Waals surface area contributed by atoms with Crippen LogP contribution in [0.15, 0.2) is 29.3 Å². The van der Waals surface area contributed by atoms with E-state index in [0.717, 1.165) is 58.3 Å². The van der Waals surface area contributed by atoms with E-state index in [4.69, 9.17) is 4.74 Å². The first kappa shape index (κ1) is 19.7. The van der Waals surface area contributed by atoms with E-state index in [1.807, 2.05) is 7.05 Å². The molecule has 0 saturated carbocycles. The Hall–Kier alpha value is -1.59. The van der Waals surface area contributed by atoms with Crippen LogP contribution in [0.2, 0.25) is 0 Å². The standard InChI is InChI=1S/C20H34N4O/c1-5-24(6-2)15-18-9-7-8-17(12-18)13-22-20(21-3)23(4)14-19-10-11-25-16-19/h7-9,12,19H,5-6,10-11,13-16H2,1-4H3,(H,21,22). The fourth-order valence-electron chi connectivity index (χ4n) is 3.31. The van der Waals surface area contributed by atoms with Crippen LogP contribution in [0.4, 0.5) is 0 Å². The molecule has 1 fully saturated rings.